The third-order valence-corrected chi connectivity index (χ3v) is 1.61. The summed E-state index contributed by atoms with van der Waals surface area (Å²) in [6, 6.07) is 3.91. The Bertz CT molecular complexity index is 241. The van der Waals surface area contributed by atoms with E-state index in [0.29, 0.717) is 6.54 Å². The average molecular weight is 180 g/mol. The summed E-state index contributed by atoms with van der Waals surface area (Å²) in [5, 5.41) is 12.6. The quantitative estimate of drug-likeness (QED) is 0.725. The third-order valence-electron chi connectivity index (χ3n) is 1.61. The van der Waals surface area contributed by atoms with E-state index in [0.717, 1.165) is 12.1 Å². The van der Waals surface area contributed by atoms with Gasteiger partial charge in [0.2, 0.25) is 0 Å². The number of nitrogens with one attached hydrogen (secondary N) is 1. The Morgan fingerprint density at radius 1 is 1.54 bits per heavy atom. The second-order valence-electron chi connectivity index (χ2n) is 3.78. The van der Waals surface area contributed by atoms with E-state index in [1.165, 1.54) is 0 Å². The molecule has 1 aromatic rings. The molecule has 0 fully saturated rings. The zero-order valence-electron chi connectivity index (χ0n) is 8.12. The lowest BCUT2D eigenvalue weighted by atomic mass is 10.1. The Labute approximate surface area is 78.8 Å². The fourth-order valence-electron chi connectivity index (χ4n) is 1.02. The molecule has 0 aromatic carbocycles. The maximum absolute atomic E-state index is 9.42. The number of rotatable bonds is 4. The maximum Gasteiger partial charge on any atom is 0.0715 e. The first-order valence-corrected chi connectivity index (χ1v) is 4.40. The molecular weight excluding hydrogens is 164 g/mol. The van der Waals surface area contributed by atoms with Crippen molar-refractivity contribution in [3.8, 4) is 0 Å². The van der Waals surface area contributed by atoms with E-state index in [4.69, 9.17) is 0 Å². The molecule has 0 atom stereocenters. The van der Waals surface area contributed by atoms with Crippen LogP contribution in [0.1, 0.15) is 19.4 Å². The van der Waals surface area contributed by atoms with Crippen LogP contribution in [0, 0.1) is 0 Å². The van der Waals surface area contributed by atoms with Gasteiger partial charge in [-0.2, -0.15) is 0 Å². The van der Waals surface area contributed by atoms with E-state index < -0.39 is 5.60 Å². The Morgan fingerprint density at radius 3 is 2.85 bits per heavy atom. The second-order valence-corrected chi connectivity index (χ2v) is 3.78. The highest BCUT2D eigenvalue weighted by Crippen LogP contribution is 1.99. The molecule has 0 saturated carbocycles. The Balaban J connectivity index is 2.29. The summed E-state index contributed by atoms with van der Waals surface area (Å²) >= 11 is 0. The molecule has 0 spiro atoms. The van der Waals surface area contributed by atoms with Crippen LogP contribution in [-0.4, -0.2) is 22.2 Å². The van der Waals surface area contributed by atoms with E-state index in [1.54, 1.807) is 20.0 Å². The minimum Gasteiger partial charge on any atom is -0.389 e. The zero-order chi connectivity index (χ0) is 9.73. The van der Waals surface area contributed by atoms with Crippen LogP contribution >= 0.6 is 0 Å². The fourth-order valence-corrected chi connectivity index (χ4v) is 1.02. The summed E-state index contributed by atoms with van der Waals surface area (Å²) in [6.07, 6.45) is 3.57. The predicted octanol–water partition coefficient (Wildman–Crippen LogP) is 0.942. The normalized spacial score (nSPS) is 11.6. The van der Waals surface area contributed by atoms with Crippen molar-refractivity contribution in [2.24, 2.45) is 0 Å². The third kappa shape index (κ3) is 4.60. The SMILES string of the molecule is CC(C)(O)CNCc1cccnc1. The number of pyridine rings is 1. The summed E-state index contributed by atoms with van der Waals surface area (Å²) in [7, 11) is 0. The molecule has 2 N–H and O–H groups in total. The lowest BCUT2D eigenvalue weighted by Crippen LogP contribution is -2.34. The largest absolute Gasteiger partial charge is 0.389 e. The Morgan fingerprint density at radius 2 is 2.31 bits per heavy atom. The standard InChI is InChI=1S/C10H16N2O/c1-10(2,13)8-12-7-9-4-3-5-11-6-9/h3-6,12-13H,7-8H2,1-2H3. The monoisotopic (exact) mass is 180 g/mol. The highest BCUT2D eigenvalue weighted by molar-refractivity contribution is 5.07. The average Bonchev–Trinajstić information content (AvgIpc) is 2.04. The van der Waals surface area contributed by atoms with E-state index in [1.807, 2.05) is 18.3 Å². The van der Waals surface area contributed by atoms with Crippen LogP contribution in [0.2, 0.25) is 0 Å². The van der Waals surface area contributed by atoms with Gasteiger partial charge in [-0.15, -0.1) is 0 Å². The van der Waals surface area contributed by atoms with Crippen LogP contribution in [0.4, 0.5) is 0 Å². The topological polar surface area (TPSA) is 45.1 Å². The highest BCUT2D eigenvalue weighted by Gasteiger charge is 2.10. The molecule has 1 heterocycles. The van der Waals surface area contributed by atoms with Crippen LogP contribution in [0.15, 0.2) is 24.5 Å². The van der Waals surface area contributed by atoms with Crippen molar-refractivity contribution >= 4 is 0 Å². The maximum atomic E-state index is 9.42. The van der Waals surface area contributed by atoms with Crippen molar-refractivity contribution in [1.29, 1.82) is 0 Å². The van der Waals surface area contributed by atoms with Crippen molar-refractivity contribution in [2.45, 2.75) is 26.0 Å². The van der Waals surface area contributed by atoms with Gasteiger partial charge in [0, 0.05) is 25.5 Å². The first-order chi connectivity index (χ1) is 6.08. The van der Waals surface area contributed by atoms with Crippen LogP contribution in [-0.2, 0) is 6.54 Å². The molecule has 1 aromatic heterocycles. The minimum atomic E-state index is -0.651. The first-order valence-electron chi connectivity index (χ1n) is 4.40. The molecule has 0 aliphatic heterocycles. The molecule has 0 aliphatic rings. The molecule has 0 amide bonds. The van der Waals surface area contributed by atoms with Gasteiger partial charge in [0.25, 0.3) is 0 Å². The van der Waals surface area contributed by atoms with Crippen molar-refractivity contribution in [3.05, 3.63) is 30.1 Å². The van der Waals surface area contributed by atoms with Gasteiger partial charge in [-0.05, 0) is 25.5 Å². The van der Waals surface area contributed by atoms with Gasteiger partial charge in [-0.25, -0.2) is 0 Å². The number of aliphatic hydroxyl groups is 1. The van der Waals surface area contributed by atoms with Gasteiger partial charge in [0.15, 0.2) is 0 Å². The second kappa shape index (κ2) is 4.35. The molecule has 0 radical (unpaired) electrons. The molecule has 0 bridgehead atoms. The lowest BCUT2D eigenvalue weighted by molar-refractivity contribution is 0.0795. The van der Waals surface area contributed by atoms with Crippen LogP contribution in [0.3, 0.4) is 0 Å². The Hall–Kier alpha value is -0.930. The molecule has 0 saturated heterocycles. The van der Waals surface area contributed by atoms with Crippen molar-refractivity contribution < 1.29 is 5.11 Å². The van der Waals surface area contributed by atoms with Gasteiger partial charge in [0.1, 0.15) is 0 Å². The summed E-state index contributed by atoms with van der Waals surface area (Å²) in [6.45, 7) is 4.90. The first kappa shape index (κ1) is 10.2. The molecular formula is C10H16N2O. The number of hydrogen-bond acceptors (Lipinski definition) is 3. The van der Waals surface area contributed by atoms with E-state index in [2.05, 4.69) is 10.3 Å². The minimum absolute atomic E-state index is 0.585. The molecule has 3 nitrogen and oxygen atoms in total. The van der Waals surface area contributed by atoms with Crippen LogP contribution in [0.25, 0.3) is 0 Å². The zero-order valence-corrected chi connectivity index (χ0v) is 8.12. The van der Waals surface area contributed by atoms with Crippen molar-refractivity contribution in [3.63, 3.8) is 0 Å². The van der Waals surface area contributed by atoms with Crippen LogP contribution in [0.5, 0.6) is 0 Å². The number of aromatic nitrogens is 1. The van der Waals surface area contributed by atoms with E-state index in [-0.39, 0.29) is 0 Å². The molecule has 1 rings (SSSR count). The molecule has 3 heteroatoms. The summed E-state index contributed by atoms with van der Waals surface area (Å²) < 4.78 is 0. The summed E-state index contributed by atoms with van der Waals surface area (Å²) in [4.78, 5) is 4.00. The van der Waals surface area contributed by atoms with E-state index in [9.17, 15) is 5.11 Å². The van der Waals surface area contributed by atoms with Gasteiger partial charge in [-0.1, -0.05) is 6.07 Å². The van der Waals surface area contributed by atoms with Crippen molar-refractivity contribution in [1.82, 2.24) is 10.3 Å². The highest BCUT2D eigenvalue weighted by atomic mass is 16.3. The predicted molar refractivity (Wildman–Crippen MR) is 52.2 cm³/mol. The number of hydrogen-bond donors (Lipinski definition) is 2. The van der Waals surface area contributed by atoms with Gasteiger partial charge in [-0.3, -0.25) is 4.98 Å². The lowest BCUT2D eigenvalue weighted by Gasteiger charge is -2.17. The fraction of sp³-hybridized carbons (Fsp3) is 0.500. The smallest absolute Gasteiger partial charge is 0.0715 e. The summed E-state index contributed by atoms with van der Waals surface area (Å²) in [5.41, 5.74) is 0.481. The van der Waals surface area contributed by atoms with Gasteiger partial charge in [0.05, 0.1) is 5.60 Å². The molecule has 13 heavy (non-hydrogen) atoms. The number of nitrogens with zero attached hydrogens (tertiary/aromatic N) is 1. The molecule has 0 unspecified atom stereocenters. The molecule has 0 aliphatic carbocycles. The Kier molecular flexibility index (Phi) is 3.39. The van der Waals surface area contributed by atoms with E-state index >= 15 is 0 Å². The van der Waals surface area contributed by atoms with Crippen LogP contribution < -0.4 is 5.32 Å². The van der Waals surface area contributed by atoms with Crippen molar-refractivity contribution in [2.75, 3.05) is 6.54 Å². The van der Waals surface area contributed by atoms with Gasteiger partial charge >= 0.3 is 0 Å². The molecule has 72 valence electrons. The van der Waals surface area contributed by atoms with Gasteiger partial charge < -0.3 is 10.4 Å². The summed E-state index contributed by atoms with van der Waals surface area (Å²) in [5.74, 6) is 0.